The number of carbonyl (C=O) groups excluding carboxylic acids is 2. The summed E-state index contributed by atoms with van der Waals surface area (Å²) < 4.78 is 0. The number of rotatable bonds is 5. The molecule has 0 atom stereocenters. The number of amides is 2. The van der Waals surface area contributed by atoms with Gasteiger partial charge in [0.25, 0.3) is 5.91 Å². The lowest BCUT2D eigenvalue weighted by Gasteiger charge is -2.07. The SMILES string of the molecule is C#Cc1cccc(NC(=O)CCNC(=O)c2ccccc2)c1. The van der Waals surface area contributed by atoms with Gasteiger partial charge < -0.3 is 10.6 Å². The van der Waals surface area contributed by atoms with Gasteiger partial charge in [0.15, 0.2) is 0 Å². The van der Waals surface area contributed by atoms with Gasteiger partial charge in [-0.2, -0.15) is 0 Å². The topological polar surface area (TPSA) is 58.2 Å². The standard InChI is InChI=1S/C18H16N2O2/c1-2-14-7-6-10-16(13-14)20-17(21)11-12-19-18(22)15-8-4-3-5-9-15/h1,3-10,13H,11-12H2,(H,19,22)(H,20,21). The van der Waals surface area contributed by atoms with Crippen molar-refractivity contribution in [1.29, 1.82) is 0 Å². The van der Waals surface area contributed by atoms with Crippen molar-refractivity contribution in [3.05, 3.63) is 65.7 Å². The minimum atomic E-state index is -0.192. The van der Waals surface area contributed by atoms with Crippen LogP contribution in [0.15, 0.2) is 54.6 Å². The van der Waals surface area contributed by atoms with Gasteiger partial charge in [0.1, 0.15) is 0 Å². The van der Waals surface area contributed by atoms with Crippen molar-refractivity contribution in [1.82, 2.24) is 5.32 Å². The van der Waals surface area contributed by atoms with E-state index in [0.717, 1.165) is 0 Å². The molecule has 0 aliphatic heterocycles. The lowest BCUT2D eigenvalue weighted by molar-refractivity contribution is -0.116. The number of benzene rings is 2. The van der Waals surface area contributed by atoms with E-state index in [2.05, 4.69) is 16.6 Å². The highest BCUT2D eigenvalue weighted by Gasteiger charge is 2.06. The molecular formula is C18H16N2O2. The predicted octanol–water partition coefficient (Wildman–Crippen LogP) is 2.43. The molecule has 2 amide bonds. The molecule has 2 aromatic rings. The molecule has 0 heterocycles. The van der Waals surface area contributed by atoms with Crippen LogP contribution in [0.1, 0.15) is 22.3 Å². The van der Waals surface area contributed by atoms with Gasteiger partial charge >= 0.3 is 0 Å². The highest BCUT2D eigenvalue weighted by atomic mass is 16.2. The molecule has 0 saturated heterocycles. The van der Waals surface area contributed by atoms with Gasteiger partial charge in [0.05, 0.1) is 0 Å². The predicted molar refractivity (Wildman–Crippen MR) is 86.4 cm³/mol. The molecule has 2 aromatic carbocycles. The van der Waals surface area contributed by atoms with E-state index in [1.165, 1.54) is 0 Å². The van der Waals surface area contributed by atoms with Crippen molar-refractivity contribution in [3.63, 3.8) is 0 Å². The molecule has 0 aliphatic carbocycles. The Morgan fingerprint density at radius 1 is 1.05 bits per heavy atom. The summed E-state index contributed by atoms with van der Waals surface area (Å²) in [5, 5.41) is 5.45. The Morgan fingerprint density at radius 2 is 1.82 bits per heavy atom. The summed E-state index contributed by atoms with van der Waals surface area (Å²) in [4.78, 5) is 23.6. The lowest BCUT2D eigenvalue weighted by Crippen LogP contribution is -2.27. The fourth-order valence-electron chi connectivity index (χ4n) is 1.89. The third kappa shape index (κ3) is 4.50. The summed E-state index contributed by atoms with van der Waals surface area (Å²) in [6, 6.07) is 15.9. The Bertz CT molecular complexity index is 703. The summed E-state index contributed by atoms with van der Waals surface area (Å²) in [5.74, 6) is 2.14. The summed E-state index contributed by atoms with van der Waals surface area (Å²) in [5.41, 5.74) is 1.93. The molecule has 0 radical (unpaired) electrons. The highest BCUT2D eigenvalue weighted by Crippen LogP contribution is 2.09. The smallest absolute Gasteiger partial charge is 0.251 e. The van der Waals surface area contributed by atoms with Crippen LogP contribution >= 0.6 is 0 Å². The number of carbonyl (C=O) groups is 2. The first-order valence-electron chi connectivity index (χ1n) is 6.89. The molecular weight excluding hydrogens is 276 g/mol. The Balaban J connectivity index is 1.78. The number of nitrogens with one attached hydrogen (secondary N) is 2. The van der Waals surface area contributed by atoms with Crippen molar-refractivity contribution in [2.24, 2.45) is 0 Å². The lowest BCUT2D eigenvalue weighted by atomic mass is 10.2. The Labute approximate surface area is 129 Å². The van der Waals surface area contributed by atoms with Crippen LogP contribution in [-0.4, -0.2) is 18.4 Å². The third-order valence-electron chi connectivity index (χ3n) is 2.99. The molecule has 0 spiro atoms. The molecule has 22 heavy (non-hydrogen) atoms. The Kier molecular flexibility index (Phi) is 5.33. The molecule has 0 fully saturated rings. The maximum atomic E-state index is 11.8. The summed E-state index contributed by atoms with van der Waals surface area (Å²) in [6.45, 7) is 0.272. The quantitative estimate of drug-likeness (QED) is 0.832. The number of terminal acetylenes is 1. The Morgan fingerprint density at radius 3 is 2.55 bits per heavy atom. The largest absolute Gasteiger partial charge is 0.352 e. The normalized spacial score (nSPS) is 9.59. The minimum Gasteiger partial charge on any atom is -0.352 e. The van der Waals surface area contributed by atoms with E-state index in [4.69, 9.17) is 6.42 Å². The van der Waals surface area contributed by atoms with Gasteiger partial charge in [-0.1, -0.05) is 30.2 Å². The fourth-order valence-corrected chi connectivity index (χ4v) is 1.89. The maximum absolute atomic E-state index is 11.8. The zero-order valence-electron chi connectivity index (χ0n) is 12.0. The number of hydrogen-bond acceptors (Lipinski definition) is 2. The van der Waals surface area contributed by atoms with Gasteiger partial charge in [0.2, 0.25) is 5.91 Å². The summed E-state index contributed by atoms with van der Waals surface area (Å²) >= 11 is 0. The molecule has 0 bridgehead atoms. The molecule has 0 aromatic heterocycles. The first-order valence-corrected chi connectivity index (χ1v) is 6.89. The molecule has 0 aliphatic rings. The number of anilines is 1. The zero-order valence-corrected chi connectivity index (χ0v) is 12.0. The van der Waals surface area contributed by atoms with Crippen LogP contribution < -0.4 is 10.6 Å². The zero-order chi connectivity index (χ0) is 15.8. The molecule has 0 unspecified atom stereocenters. The molecule has 110 valence electrons. The van der Waals surface area contributed by atoms with Crippen molar-refractivity contribution in [3.8, 4) is 12.3 Å². The van der Waals surface area contributed by atoms with Crippen LogP contribution in [0.5, 0.6) is 0 Å². The van der Waals surface area contributed by atoms with Gasteiger partial charge in [-0.15, -0.1) is 6.42 Å². The van der Waals surface area contributed by atoms with E-state index >= 15 is 0 Å². The van der Waals surface area contributed by atoms with E-state index in [1.807, 2.05) is 6.07 Å². The summed E-state index contributed by atoms with van der Waals surface area (Å²) in [7, 11) is 0. The van der Waals surface area contributed by atoms with Crippen LogP contribution in [-0.2, 0) is 4.79 Å². The van der Waals surface area contributed by atoms with E-state index in [0.29, 0.717) is 16.8 Å². The van der Waals surface area contributed by atoms with E-state index < -0.39 is 0 Å². The van der Waals surface area contributed by atoms with Crippen molar-refractivity contribution >= 4 is 17.5 Å². The minimum absolute atomic E-state index is 0.178. The van der Waals surface area contributed by atoms with Crippen LogP contribution in [0.25, 0.3) is 0 Å². The van der Waals surface area contributed by atoms with Gasteiger partial charge in [-0.25, -0.2) is 0 Å². The van der Waals surface area contributed by atoms with Gasteiger partial charge in [-0.3, -0.25) is 9.59 Å². The highest BCUT2D eigenvalue weighted by molar-refractivity contribution is 5.95. The fraction of sp³-hybridized carbons (Fsp3) is 0.111. The average molecular weight is 292 g/mol. The van der Waals surface area contributed by atoms with E-state index in [-0.39, 0.29) is 24.8 Å². The van der Waals surface area contributed by atoms with Gasteiger partial charge in [-0.05, 0) is 30.3 Å². The first kappa shape index (κ1) is 15.3. The molecule has 4 heteroatoms. The molecule has 2 N–H and O–H groups in total. The van der Waals surface area contributed by atoms with Crippen LogP contribution in [0.2, 0.25) is 0 Å². The molecule has 2 rings (SSSR count). The average Bonchev–Trinajstić information content (AvgIpc) is 2.55. The van der Waals surface area contributed by atoms with Crippen LogP contribution in [0, 0.1) is 12.3 Å². The van der Waals surface area contributed by atoms with E-state index in [9.17, 15) is 9.59 Å². The monoisotopic (exact) mass is 292 g/mol. The second kappa shape index (κ2) is 7.65. The summed E-state index contributed by atoms with van der Waals surface area (Å²) in [6.07, 6.45) is 5.50. The van der Waals surface area contributed by atoms with Crippen molar-refractivity contribution < 1.29 is 9.59 Å². The second-order valence-electron chi connectivity index (χ2n) is 4.65. The molecule has 0 saturated carbocycles. The maximum Gasteiger partial charge on any atom is 0.251 e. The number of hydrogen-bond donors (Lipinski definition) is 2. The Hall–Kier alpha value is -3.06. The van der Waals surface area contributed by atoms with Gasteiger partial charge in [0, 0.05) is 29.8 Å². The van der Waals surface area contributed by atoms with Crippen LogP contribution in [0.3, 0.4) is 0 Å². The molecule has 4 nitrogen and oxygen atoms in total. The van der Waals surface area contributed by atoms with Crippen molar-refractivity contribution in [2.75, 3.05) is 11.9 Å². The third-order valence-corrected chi connectivity index (χ3v) is 2.99. The van der Waals surface area contributed by atoms with Crippen LogP contribution in [0.4, 0.5) is 5.69 Å². The first-order chi connectivity index (χ1) is 10.7. The van der Waals surface area contributed by atoms with E-state index in [1.54, 1.807) is 48.5 Å². The van der Waals surface area contributed by atoms with Crippen molar-refractivity contribution in [2.45, 2.75) is 6.42 Å². The second-order valence-corrected chi connectivity index (χ2v) is 4.65.